The van der Waals surface area contributed by atoms with Gasteiger partial charge in [-0.1, -0.05) is 0 Å². The van der Waals surface area contributed by atoms with Crippen LogP contribution in [0.4, 0.5) is 0 Å². The predicted molar refractivity (Wildman–Crippen MR) is 258 cm³/mol. The molecule has 0 saturated carbocycles. The van der Waals surface area contributed by atoms with Crippen molar-refractivity contribution in [1.29, 1.82) is 0 Å². The van der Waals surface area contributed by atoms with Crippen molar-refractivity contribution in [1.82, 2.24) is 0 Å². The van der Waals surface area contributed by atoms with Gasteiger partial charge < -0.3 is 173 Å². The van der Waals surface area contributed by atoms with Crippen LogP contribution in [0.1, 0.15) is 12.8 Å². The van der Waals surface area contributed by atoms with E-state index in [0.717, 1.165) is 0 Å². The Hall–Kier alpha value is -1.49. The number of hydrogen-bond acceptors (Lipinski definition) is 37. The van der Waals surface area contributed by atoms with Crippen LogP contribution in [0.2, 0.25) is 0 Å². The molecule has 0 spiro atoms. The summed E-state index contributed by atoms with van der Waals surface area (Å²) in [5.41, 5.74) is 0. The average Bonchev–Trinajstić information content (AvgIpc) is 2.65. The number of unbranched alkanes of at least 4 members (excludes halogenated alkanes) is 1. The molecule has 0 aromatic heterocycles. The normalized spacial score (nSPS) is 51.5. The van der Waals surface area contributed by atoms with Gasteiger partial charge in [0.15, 0.2) is 44.0 Å². The van der Waals surface area contributed by atoms with Gasteiger partial charge in [0.05, 0.1) is 52.0 Å². The summed E-state index contributed by atoms with van der Waals surface area (Å²) in [6.45, 7) is -7.97. The molecule has 38 nitrogen and oxygen atoms in total. The van der Waals surface area contributed by atoms with Gasteiger partial charge in [-0.2, -0.15) is 8.42 Å². The fraction of sp³-hybridized carbons (Fsp3) is 1.00. The van der Waals surface area contributed by atoms with Gasteiger partial charge in [0.25, 0.3) is 10.1 Å². The fourth-order valence-corrected chi connectivity index (χ4v) is 11.8. The van der Waals surface area contributed by atoms with E-state index in [-0.39, 0.29) is 12.8 Å². The molecule has 39 heteroatoms. The van der Waals surface area contributed by atoms with Crippen LogP contribution in [0.15, 0.2) is 0 Å². The highest BCUT2D eigenvalue weighted by molar-refractivity contribution is 7.85. The van der Waals surface area contributed by atoms with Crippen molar-refractivity contribution in [3.8, 4) is 0 Å². The Balaban J connectivity index is 1.10. The number of ether oxygens (including phenoxy) is 15. The topological polar surface area (TPSA) is 597 Å². The first-order valence-electron chi connectivity index (χ1n) is 27.2. The molecular formula is C46H78O38S. The van der Waals surface area contributed by atoms with Crippen LogP contribution < -0.4 is 0 Å². The second-order valence-corrected chi connectivity index (χ2v) is 23.1. The molecule has 35 atom stereocenters. The fourth-order valence-electron chi connectivity index (χ4n) is 11.2. The Labute approximate surface area is 481 Å². The number of aliphatic hydroxyl groups excluding tert-OH is 20. The number of aliphatic hydroxyl groups is 20. The lowest BCUT2D eigenvalue weighted by Gasteiger charge is -2.50. The molecule has 21 rings (SSSR count). The standard InChI is InChI=1S/C46H78O38S/c47-5-12-32-20(55)26(61)41(72-12)80-34-14(7-49)74-43(28(63)22(34)57)82-36-16(9-51)76-45(30(65)24(36)59)84-38-18(11-53)77-46(31(66)39(38)70-3-1-2-4-85(67,68)69)83-37-17(10-52)75-44(29(64)23(37)58)81-35-15(8-50)73-42(27(62)21(35)56)79-33-13(6-48)71-40(78-32)25(60)19(33)54/h12-66H,1-11H2,(H,67,68,69)/t12-,13-,14-,15-,16-,17-,18-,19-,20-,21-,22-,23-,24-,25-,26-,27-,28-,29-,30-,31-,32-,33-,34-,35-,36-,37-,38-,39-,40-,41-,42-,43-,44-,45-,46-/m1/s1. The molecular weight excluding hydrogens is 1190 g/mol. The first-order valence-corrected chi connectivity index (χ1v) is 28.8. The molecule has 21 aliphatic rings. The molecule has 496 valence electrons. The van der Waals surface area contributed by atoms with Crippen molar-refractivity contribution >= 4 is 10.1 Å². The molecule has 21 aliphatic heterocycles. The van der Waals surface area contributed by atoms with Gasteiger partial charge in [-0.3, -0.25) is 4.55 Å². The monoisotopic (exact) mass is 1270 g/mol. The lowest BCUT2D eigenvalue weighted by atomic mass is 9.95. The minimum Gasteiger partial charge on any atom is -0.394 e. The van der Waals surface area contributed by atoms with Crippen LogP contribution in [0.3, 0.4) is 0 Å². The molecule has 21 heterocycles. The highest BCUT2D eigenvalue weighted by Gasteiger charge is 2.60. The third-order valence-corrected chi connectivity index (χ3v) is 16.7. The molecule has 0 aromatic rings. The first-order chi connectivity index (χ1) is 40.3. The maximum Gasteiger partial charge on any atom is 0.264 e. The Morgan fingerprint density at radius 2 is 0.471 bits per heavy atom. The quantitative estimate of drug-likeness (QED) is 0.0601. The largest absolute Gasteiger partial charge is 0.394 e. The Kier molecular flexibility index (Phi) is 24.4. The van der Waals surface area contributed by atoms with Crippen LogP contribution in [0.5, 0.6) is 0 Å². The van der Waals surface area contributed by atoms with E-state index in [9.17, 15) is 115 Å². The van der Waals surface area contributed by atoms with Crippen LogP contribution in [-0.4, -0.2) is 389 Å². The highest BCUT2D eigenvalue weighted by atomic mass is 32.2. The molecule has 85 heavy (non-hydrogen) atoms. The zero-order valence-electron chi connectivity index (χ0n) is 44.7. The third-order valence-electron chi connectivity index (χ3n) is 15.9. The molecule has 21 fully saturated rings. The average molecular weight is 1270 g/mol. The number of rotatable bonds is 13. The lowest BCUT2D eigenvalue weighted by Crippen LogP contribution is -2.68. The maximum atomic E-state index is 11.9. The zero-order valence-corrected chi connectivity index (χ0v) is 45.5. The SMILES string of the molecule is O=S(=O)(O)CCCCO[C@@H]1[C@@H](O)[C@H]2O[C@H]3[C@H](O)[C@@H](O)[C@@H](O[C@H]4[C@H](O)[C@@H](O)[C@@H](O[C@H]5[C@H](O)[C@@H](O)[C@@H](O[C@H]6[C@H](O)[C@@H](O)[C@@H](O[C@H]7[C@H](O)[C@@H](O)[C@@H](O[C@H]8[C@H](O)[C@@H](O)[C@@H](O[C@@H]1[C@@H](CO)O2)O[C@@H]8CO)O[C@@H]7CO)O[C@@H]6CO)O[C@@H]5CO)O[C@@H]4CO)O[C@@H]3CO. The Morgan fingerprint density at radius 1 is 0.271 bits per heavy atom. The van der Waals surface area contributed by atoms with E-state index >= 15 is 0 Å². The summed E-state index contributed by atoms with van der Waals surface area (Å²) in [4.78, 5) is 0. The summed E-state index contributed by atoms with van der Waals surface area (Å²) in [6.07, 6.45) is -71.2. The third kappa shape index (κ3) is 14.9. The minimum atomic E-state index is -4.46. The van der Waals surface area contributed by atoms with Crippen molar-refractivity contribution in [2.24, 2.45) is 0 Å². The second kappa shape index (κ2) is 29.9. The molecule has 21 N–H and O–H groups in total. The van der Waals surface area contributed by atoms with Gasteiger partial charge in [0.2, 0.25) is 0 Å². The summed E-state index contributed by atoms with van der Waals surface area (Å²) in [6, 6.07) is 0. The van der Waals surface area contributed by atoms with Gasteiger partial charge >= 0.3 is 0 Å². The van der Waals surface area contributed by atoms with Crippen molar-refractivity contribution in [3.05, 3.63) is 0 Å². The molecule has 0 amide bonds. The number of hydrogen-bond donors (Lipinski definition) is 21. The summed E-state index contributed by atoms with van der Waals surface area (Å²) >= 11 is 0. The van der Waals surface area contributed by atoms with E-state index in [4.69, 9.17) is 71.1 Å². The predicted octanol–water partition coefficient (Wildman–Crippen LogP) is -14.5. The van der Waals surface area contributed by atoms with Crippen LogP contribution >= 0.6 is 0 Å². The van der Waals surface area contributed by atoms with Gasteiger partial charge in [-0.25, -0.2) is 0 Å². The van der Waals surface area contributed by atoms with E-state index < -0.39 is 284 Å². The molecule has 0 unspecified atom stereocenters. The molecule has 0 aliphatic carbocycles. The van der Waals surface area contributed by atoms with Gasteiger partial charge in [-0.15, -0.1) is 0 Å². The Bertz CT molecular complexity index is 2150. The van der Waals surface area contributed by atoms with Crippen molar-refractivity contribution in [2.45, 2.75) is 228 Å². The molecule has 14 bridgehead atoms. The highest BCUT2D eigenvalue weighted by Crippen LogP contribution is 2.39. The minimum absolute atomic E-state index is 0.142. The zero-order chi connectivity index (χ0) is 62.1. The van der Waals surface area contributed by atoms with Crippen molar-refractivity contribution in [2.75, 3.05) is 58.6 Å². The molecule has 0 aromatic carbocycles. The van der Waals surface area contributed by atoms with E-state index in [1.165, 1.54) is 0 Å². The second-order valence-electron chi connectivity index (χ2n) is 21.5. The smallest absolute Gasteiger partial charge is 0.264 e. The van der Waals surface area contributed by atoms with Gasteiger partial charge in [0.1, 0.15) is 171 Å². The summed E-state index contributed by atoms with van der Waals surface area (Å²) in [5, 5.41) is 222. The van der Waals surface area contributed by atoms with Crippen LogP contribution in [-0.2, 0) is 81.2 Å². The van der Waals surface area contributed by atoms with Gasteiger partial charge in [0, 0.05) is 6.61 Å². The molecule has 0 radical (unpaired) electrons. The van der Waals surface area contributed by atoms with Crippen LogP contribution in [0, 0.1) is 0 Å². The summed E-state index contributed by atoms with van der Waals surface area (Å²) in [5.74, 6) is -0.732. The summed E-state index contributed by atoms with van der Waals surface area (Å²) in [7, 11) is -4.46. The lowest BCUT2D eigenvalue weighted by molar-refractivity contribution is -0.398. The van der Waals surface area contributed by atoms with E-state index in [1.54, 1.807) is 0 Å². The van der Waals surface area contributed by atoms with E-state index in [0.29, 0.717) is 0 Å². The molecule has 21 saturated heterocycles. The van der Waals surface area contributed by atoms with E-state index in [2.05, 4.69) is 0 Å². The van der Waals surface area contributed by atoms with Gasteiger partial charge in [-0.05, 0) is 12.8 Å². The Morgan fingerprint density at radius 3 is 0.682 bits per heavy atom. The van der Waals surface area contributed by atoms with E-state index in [1.807, 2.05) is 0 Å². The van der Waals surface area contributed by atoms with Crippen molar-refractivity contribution < 1.29 is 186 Å². The first kappa shape index (κ1) is 69.4. The summed E-state index contributed by atoms with van der Waals surface area (Å²) < 4.78 is 119. The maximum absolute atomic E-state index is 11.9. The van der Waals surface area contributed by atoms with Crippen LogP contribution in [0.25, 0.3) is 0 Å². The van der Waals surface area contributed by atoms with Crippen molar-refractivity contribution in [3.63, 3.8) is 0 Å².